The molecular weight excluding hydrogens is 572 g/mol. The first-order valence-corrected chi connectivity index (χ1v) is 16.4. The Morgan fingerprint density at radius 3 is 2.41 bits per heavy atom. The van der Waals surface area contributed by atoms with Crippen LogP contribution >= 0.6 is 0 Å². The van der Waals surface area contributed by atoms with Crippen LogP contribution in [0.1, 0.15) is 67.1 Å². The van der Waals surface area contributed by atoms with Gasteiger partial charge in [-0.05, 0) is 79.6 Å². The molecule has 1 fully saturated rings. The Bertz CT molecular complexity index is 1590. The Kier molecular flexibility index (Phi) is 9.68. The zero-order valence-electron chi connectivity index (χ0n) is 23.1. The summed E-state index contributed by atoms with van der Waals surface area (Å²) < 4.78 is 73.2. The molecule has 1 saturated carbocycles. The van der Waals surface area contributed by atoms with Gasteiger partial charge in [-0.3, -0.25) is 14.3 Å². The third-order valence-corrected chi connectivity index (χ3v) is 9.49. The molecule has 2 aromatic carbocycles. The van der Waals surface area contributed by atoms with Crippen LogP contribution in [0.4, 0.5) is 14.5 Å². The van der Waals surface area contributed by atoms with Crippen molar-refractivity contribution < 1.29 is 26.5 Å². The minimum absolute atomic E-state index is 0.0844. The standard InChI is InChI=1S/C29H33F2N3O5S2/c1-4-6-13-40(37)32-28(18-7-8-18)22-16-27(35)34(3)17-24(22)21-15-26(33-41(38,39)5-2)25(31)14-23(21)29(36)19-9-11-20(30)12-10-19/h9-12,14-18,28,32-33H,4-8,13H2,1-3H3. The number of anilines is 1. The van der Waals surface area contributed by atoms with Crippen molar-refractivity contribution in [3.63, 3.8) is 0 Å². The monoisotopic (exact) mass is 605 g/mol. The molecule has 0 aliphatic heterocycles. The van der Waals surface area contributed by atoms with Gasteiger partial charge in [0.1, 0.15) is 17.4 Å². The summed E-state index contributed by atoms with van der Waals surface area (Å²) in [5, 5.41) is 0. The second kappa shape index (κ2) is 12.8. The van der Waals surface area contributed by atoms with Crippen LogP contribution in [-0.2, 0) is 28.4 Å². The number of hydrogen-bond acceptors (Lipinski definition) is 6. The van der Waals surface area contributed by atoms with Crippen LogP contribution in [0.3, 0.4) is 0 Å². The summed E-state index contributed by atoms with van der Waals surface area (Å²) in [7, 11) is -2.35. The van der Waals surface area contributed by atoms with Gasteiger partial charge in [0.25, 0.3) is 5.56 Å². The second-order valence-electron chi connectivity index (χ2n) is 10.1. The quantitative estimate of drug-likeness (QED) is 0.213. The number of rotatable bonds is 13. The van der Waals surface area contributed by atoms with E-state index in [4.69, 9.17) is 0 Å². The number of halogens is 2. The van der Waals surface area contributed by atoms with Gasteiger partial charge < -0.3 is 9.12 Å². The van der Waals surface area contributed by atoms with E-state index >= 15 is 4.39 Å². The molecule has 4 rings (SSSR count). The molecule has 0 bridgehead atoms. The molecular formula is C29H33F2N3O5S2. The van der Waals surface area contributed by atoms with E-state index in [1.807, 2.05) is 6.92 Å². The summed E-state index contributed by atoms with van der Waals surface area (Å²) in [5.41, 5.74) is 0.325. The van der Waals surface area contributed by atoms with E-state index in [9.17, 15) is 27.0 Å². The van der Waals surface area contributed by atoms with Crippen LogP contribution in [0.15, 0.2) is 53.5 Å². The van der Waals surface area contributed by atoms with Gasteiger partial charge >= 0.3 is 0 Å². The number of carbonyl (C=O) groups excluding carboxylic acids is 1. The van der Waals surface area contributed by atoms with E-state index in [1.54, 1.807) is 0 Å². The zero-order chi connectivity index (χ0) is 29.9. The van der Waals surface area contributed by atoms with Crippen LogP contribution in [0.2, 0.25) is 0 Å². The van der Waals surface area contributed by atoms with Crippen LogP contribution < -0.4 is 15.0 Å². The van der Waals surface area contributed by atoms with E-state index in [-0.39, 0.29) is 39.6 Å². The normalized spacial score (nSPS) is 15.0. The highest BCUT2D eigenvalue weighted by atomic mass is 32.2. The molecule has 1 aliphatic rings. The molecule has 2 N–H and O–H groups in total. The van der Waals surface area contributed by atoms with Gasteiger partial charge in [-0.1, -0.05) is 13.3 Å². The molecule has 0 radical (unpaired) electrons. The third-order valence-electron chi connectivity index (χ3n) is 7.02. The highest BCUT2D eigenvalue weighted by Crippen LogP contribution is 2.45. The molecule has 41 heavy (non-hydrogen) atoms. The highest BCUT2D eigenvalue weighted by molar-refractivity contribution is 7.92. The minimum atomic E-state index is -3.88. The van der Waals surface area contributed by atoms with Gasteiger partial charge in [0.2, 0.25) is 10.0 Å². The lowest BCUT2D eigenvalue weighted by atomic mass is 9.89. The first kappa shape index (κ1) is 30.9. The van der Waals surface area contributed by atoms with Gasteiger partial charge in [-0.15, -0.1) is 4.72 Å². The summed E-state index contributed by atoms with van der Waals surface area (Å²) >= 11 is -1.39. The first-order chi connectivity index (χ1) is 19.4. The summed E-state index contributed by atoms with van der Waals surface area (Å²) in [6.45, 7) is 3.40. The molecule has 2 unspecified atom stereocenters. The van der Waals surface area contributed by atoms with Crippen LogP contribution in [0, 0.1) is 17.6 Å². The molecule has 2 atom stereocenters. The van der Waals surface area contributed by atoms with E-state index in [0.717, 1.165) is 43.9 Å². The fourth-order valence-corrected chi connectivity index (χ4v) is 6.41. The Hall–Kier alpha value is -3.06. The summed E-state index contributed by atoms with van der Waals surface area (Å²) in [5.74, 6) is -1.94. The fourth-order valence-electron chi connectivity index (χ4n) is 4.50. The van der Waals surface area contributed by atoms with Crippen molar-refractivity contribution >= 4 is 32.9 Å². The molecule has 8 nitrogen and oxygen atoms in total. The second-order valence-corrected chi connectivity index (χ2v) is 13.5. The lowest BCUT2D eigenvalue weighted by molar-refractivity contribution is 0.103. The number of ketones is 1. The van der Waals surface area contributed by atoms with E-state index < -0.39 is 44.8 Å². The van der Waals surface area contributed by atoms with Crippen molar-refractivity contribution in [2.45, 2.75) is 45.6 Å². The number of nitrogens with zero attached hydrogens (tertiary/aromatic N) is 1. The van der Waals surface area contributed by atoms with Crippen molar-refractivity contribution in [3.05, 3.63) is 87.3 Å². The molecule has 0 saturated heterocycles. The lowest BCUT2D eigenvalue weighted by Crippen LogP contribution is -2.33. The molecule has 0 amide bonds. The smallest absolute Gasteiger partial charge is 0.250 e. The maximum Gasteiger partial charge on any atom is 0.250 e. The molecule has 0 spiro atoms. The fraction of sp³-hybridized carbons (Fsp3) is 0.379. The van der Waals surface area contributed by atoms with Gasteiger partial charge in [0.15, 0.2) is 5.78 Å². The zero-order valence-corrected chi connectivity index (χ0v) is 24.7. The van der Waals surface area contributed by atoms with Crippen molar-refractivity contribution in [2.75, 3.05) is 16.2 Å². The maximum atomic E-state index is 15.3. The SMILES string of the molecule is CCCC[S+]([O-])NC(c1cc(=O)n(C)cc1-c1cc(NS(=O)(=O)CC)c(F)cc1C(=O)c1ccc(F)cc1)C1CC1. The number of unbranched alkanes of at least 4 members (excludes halogenated alkanes) is 1. The van der Waals surface area contributed by atoms with Crippen LogP contribution in [0.5, 0.6) is 0 Å². The minimum Gasteiger partial charge on any atom is -0.598 e. The number of aromatic nitrogens is 1. The molecule has 12 heteroatoms. The van der Waals surface area contributed by atoms with Crippen molar-refractivity contribution in [3.8, 4) is 11.1 Å². The maximum absolute atomic E-state index is 15.3. The summed E-state index contributed by atoms with van der Waals surface area (Å²) in [6, 6.07) is 7.88. The summed E-state index contributed by atoms with van der Waals surface area (Å²) in [4.78, 5) is 26.5. The number of nitrogens with one attached hydrogen (secondary N) is 2. The van der Waals surface area contributed by atoms with Gasteiger partial charge in [0, 0.05) is 47.4 Å². The molecule has 1 heterocycles. The van der Waals surface area contributed by atoms with Crippen molar-refractivity contribution in [1.29, 1.82) is 0 Å². The molecule has 1 aromatic heterocycles. The average molecular weight is 606 g/mol. The molecule has 220 valence electrons. The third kappa shape index (κ3) is 7.42. The van der Waals surface area contributed by atoms with Crippen molar-refractivity contribution in [1.82, 2.24) is 9.29 Å². The lowest BCUT2D eigenvalue weighted by Gasteiger charge is -2.24. The Morgan fingerprint density at radius 1 is 1.12 bits per heavy atom. The number of aryl methyl sites for hydroxylation is 1. The Balaban J connectivity index is 1.95. The number of benzene rings is 2. The molecule has 3 aromatic rings. The number of pyridine rings is 1. The Morgan fingerprint density at radius 2 is 1.80 bits per heavy atom. The van der Waals surface area contributed by atoms with Gasteiger partial charge in [-0.2, -0.15) is 0 Å². The predicted molar refractivity (Wildman–Crippen MR) is 157 cm³/mol. The average Bonchev–Trinajstić information content (AvgIpc) is 3.78. The van der Waals surface area contributed by atoms with E-state index in [1.165, 1.54) is 49.0 Å². The summed E-state index contributed by atoms with van der Waals surface area (Å²) in [6.07, 6.45) is 4.79. The Labute approximate surface area is 241 Å². The number of hydrogen-bond donors (Lipinski definition) is 2. The highest BCUT2D eigenvalue weighted by Gasteiger charge is 2.37. The van der Waals surface area contributed by atoms with Gasteiger partial charge in [-0.25, -0.2) is 17.2 Å². The predicted octanol–water partition coefficient (Wildman–Crippen LogP) is 4.83. The van der Waals surface area contributed by atoms with E-state index in [2.05, 4.69) is 9.44 Å². The van der Waals surface area contributed by atoms with Crippen LogP contribution in [0.25, 0.3) is 11.1 Å². The molecule has 1 aliphatic carbocycles. The first-order valence-electron chi connectivity index (χ1n) is 13.4. The van der Waals surface area contributed by atoms with Crippen molar-refractivity contribution in [2.24, 2.45) is 13.0 Å². The van der Waals surface area contributed by atoms with Crippen LogP contribution in [-0.4, -0.2) is 34.8 Å². The number of sulfonamides is 1. The topological polar surface area (TPSA) is 120 Å². The number of carbonyl (C=O) groups is 1. The van der Waals surface area contributed by atoms with Gasteiger partial charge in [0.05, 0.1) is 17.5 Å². The largest absolute Gasteiger partial charge is 0.598 e. The van der Waals surface area contributed by atoms with E-state index in [0.29, 0.717) is 16.9 Å².